The van der Waals surface area contributed by atoms with Crippen molar-refractivity contribution >= 4 is 11.8 Å². The molecule has 0 aromatic heterocycles. The Morgan fingerprint density at radius 2 is 1.74 bits per heavy atom. The zero-order valence-electron chi connectivity index (χ0n) is 18.3. The topological polar surface area (TPSA) is 52.7 Å². The molecule has 8 heteroatoms. The number of carbonyl (C=O) groups is 2. The number of rotatable bonds is 5. The fraction of sp³-hybridized carbons (Fsp3) is 0.652. The van der Waals surface area contributed by atoms with Gasteiger partial charge in [0.15, 0.2) is 0 Å². The zero-order chi connectivity index (χ0) is 22.6. The minimum Gasteiger partial charge on any atom is -0.354 e. The van der Waals surface area contributed by atoms with E-state index in [0.29, 0.717) is 44.4 Å². The largest absolute Gasteiger partial charge is 0.416 e. The summed E-state index contributed by atoms with van der Waals surface area (Å²) in [5.74, 6) is 0.293. The van der Waals surface area contributed by atoms with Gasteiger partial charge in [0.25, 0.3) is 5.91 Å². The van der Waals surface area contributed by atoms with Gasteiger partial charge in [-0.25, -0.2) is 0 Å². The molecule has 2 atom stereocenters. The first-order valence-electron chi connectivity index (χ1n) is 11.1. The van der Waals surface area contributed by atoms with Crippen LogP contribution in [0.3, 0.4) is 0 Å². The second-order valence-electron chi connectivity index (χ2n) is 8.98. The summed E-state index contributed by atoms with van der Waals surface area (Å²) in [6.07, 6.45) is -0.831. The Bertz CT molecular complexity index is 758. The van der Waals surface area contributed by atoms with Gasteiger partial charge in [-0.05, 0) is 69.3 Å². The van der Waals surface area contributed by atoms with Gasteiger partial charge in [0.2, 0.25) is 5.91 Å². The molecule has 172 valence electrons. The summed E-state index contributed by atoms with van der Waals surface area (Å²) in [7, 11) is 0. The molecule has 2 amide bonds. The molecule has 0 saturated carbocycles. The van der Waals surface area contributed by atoms with E-state index >= 15 is 0 Å². The SMILES string of the molecule is CC1CCCN(C(C)CNC(=O)C2CCN(C(=O)c3ccc(C(F)(F)F)cc3)CC2)C1. The molecule has 2 aliphatic rings. The van der Waals surface area contributed by atoms with Gasteiger partial charge in [-0.15, -0.1) is 0 Å². The molecule has 1 aromatic carbocycles. The minimum atomic E-state index is -4.42. The maximum Gasteiger partial charge on any atom is 0.416 e. The first kappa shape index (κ1) is 23.6. The molecule has 0 radical (unpaired) electrons. The molecule has 2 fully saturated rings. The van der Waals surface area contributed by atoms with Crippen molar-refractivity contribution in [1.82, 2.24) is 15.1 Å². The van der Waals surface area contributed by atoms with E-state index < -0.39 is 11.7 Å². The Balaban J connectivity index is 1.44. The lowest BCUT2D eigenvalue weighted by Crippen LogP contribution is -2.48. The number of halogens is 3. The number of piperidine rings is 2. The van der Waals surface area contributed by atoms with Crippen molar-refractivity contribution in [2.75, 3.05) is 32.7 Å². The smallest absolute Gasteiger partial charge is 0.354 e. The first-order valence-corrected chi connectivity index (χ1v) is 11.1. The maximum absolute atomic E-state index is 12.7. The summed E-state index contributed by atoms with van der Waals surface area (Å²) in [5, 5.41) is 3.07. The van der Waals surface area contributed by atoms with Gasteiger partial charge >= 0.3 is 6.18 Å². The van der Waals surface area contributed by atoms with Gasteiger partial charge in [-0.3, -0.25) is 14.5 Å². The predicted octanol–water partition coefficient (Wildman–Crippen LogP) is 3.79. The molecule has 31 heavy (non-hydrogen) atoms. The van der Waals surface area contributed by atoms with Crippen LogP contribution in [0.1, 0.15) is 55.5 Å². The second kappa shape index (κ2) is 10.0. The van der Waals surface area contributed by atoms with E-state index in [1.165, 1.54) is 25.0 Å². The highest BCUT2D eigenvalue weighted by Crippen LogP contribution is 2.29. The van der Waals surface area contributed by atoms with E-state index in [1.54, 1.807) is 4.90 Å². The molecule has 0 aliphatic carbocycles. The highest BCUT2D eigenvalue weighted by Gasteiger charge is 2.31. The Kier molecular flexibility index (Phi) is 7.62. The van der Waals surface area contributed by atoms with Crippen LogP contribution < -0.4 is 5.32 Å². The van der Waals surface area contributed by atoms with Gasteiger partial charge in [0, 0.05) is 43.7 Å². The normalized spacial score (nSPS) is 22.2. The average Bonchev–Trinajstić information content (AvgIpc) is 2.76. The number of likely N-dealkylation sites (tertiary alicyclic amines) is 2. The molecule has 1 aromatic rings. The molecule has 0 bridgehead atoms. The van der Waals surface area contributed by atoms with Crippen LogP contribution in [0.5, 0.6) is 0 Å². The Hall–Kier alpha value is -2.09. The van der Waals surface area contributed by atoms with Crippen LogP contribution in [-0.4, -0.2) is 60.4 Å². The van der Waals surface area contributed by atoms with Gasteiger partial charge in [-0.2, -0.15) is 13.2 Å². The third-order valence-corrected chi connectivity index (χ3v) is 6.50. The molecule has 0 spiro atoms. The van der Waals surface area contributed by atoms with Gasteiger partial charge in [0.1, 0.15) is 0 Å². The molecule has 3 rings (SSSR count). The van der Waals surface area contributed by atoms with Gasteiger partial charge in [0.05, 0.1) is 5.56 Å². The van der Waals surface area contributed by atoms with Crippen LogP contribution in [0.4, 0.5) is 13.2 Å². The zero-order valence-corrected chi connectivity index (χ0v) is 18.3. The van der Waals surface area contributed by atoms with Crippen molar-refractivity contribution < 1.29 is 22.8 Å². The van der Waals surface area contributed by atoms with E-state index in [1.807, 2.05) is 0 Å². The van der Waals surface area contributed by atoms with Crippen molar-refractivity contribution in [3.8, 4) is 0 Å². The molecule has 1 N–H and O–H groups in total. The summed E-state index contributed by atoms with van der Waals surface area (Å²) < 4.78 is 38.1. The predicted molar refractivity (Wildman–Crippen MR) is 113 cm³/mol. The summed E-state index contributed by atoms with van der Waals surface area (Å²) in [4.78, 5) is 29.2. The standard InChI is InChI=1S/C23H32F3N3O2/c1-16-4-3-11-29(15-16)17(2)14-27-21(30)18-9-12-28(13-10-18)22(31)19-5-7-20(8-6-19)23(24,25)26/h5-8,16-18H,3-4,9-15H2,1-2H3,(H,27,30). The van der Waals surface area contributed by atoms with E-state index in [4.69, 9.17) is 0 Å². The van der Waals surface area contributed by atoms with Crippen molar-refractivity contribution in [3.05, 3.63) is 35.4 Å². The first-order chi connectivity index (χ1) is 14.6. The molecule has 2 heterocycles. The van der Waals surface area contributed by atoms with Crippen LogP contribution in [-0.2, 0) is 11.0 Å². The van der Waals surface area contributed by atoms with E-state index in [2.05, 4.69) is 24.1 Å². The number of alkyl halides is 3. The lowest BCUT2D eigenvalue weighted by atomic mass is 9.95. The average molecular weight is 440 g/mol. The van der Waals surface area contributed by atoms with Crippen molar-refractivity contribution in [3.63, 3.8) is 0 Å². The Morgan fingerprint density at radius 3 is 2.32 bits per heavy atom. The van der Waals surface area contributed by atoms with Gasteiger partial charge in [-0.1, -0.05) is 6.92 Å². The number of benzene rings is 1. The monoisotopic (exact) mass is 439 g/mol. The van der Waals surface area contributed by atoms with Crippen LogP contribution in [0, 0.1) is 11.8 Å². The summed E-state index contributed by atoms with van der Waals surface area (Å²) in [5.41, 5.74) is -0.534. The summed E-state index contributed by atoms with van der Waals surface area (Å²) in [6, 6.07) is 4.59. The van der Waals surface area contributed by atoms with Crippen LogP contribution in [0.2, 0.25) is 0 Å². The molecular formula is C23H32F3N3O2. The number of hydrogen-bond donors (Lipinski definition) is 1. The lowest BCUT2D eigenvalue weighted by Gasteiger charge is -2.36. The van der Waals surface area contributed by atoms with Crippen LogP contribution in [0.25, 0.3) is 0 Å². The Morgan fingerprint density at radius 1 is 1.10 bits per heavy atom. The number of nitrogens with zero attached hydrogens (tertiary/aromatic N) is 2. The highest BCUT2D eigenvalue weighted by molar-refractivity contribution is 5.94. The Labute approximate surface area is 182 Å². The number of nitrogens with one attached hydrogen (secondary N) is 1. The van der Waals surface area contributed by atoms with Crippen molar-refractivity contribution in [2.24, 2.45) is 11.8 Å². The van der Waals surface area contributed by atoms with Gasteiger partial charge < -0.3 is 10.2 Å². The fourth-order valence-electron chi connectivity index (χ4n) is 4.48. The molecule has 2 unspecified atom stereocenters. The third kappa shape index (κ3) is 6.21. The van der Waals surface area contributed by atoms with Crippen molar-refractivity contribution in [1.29, 1.82) is 0 Å². The lowest BCUT2D eigenvalue weighted by molar-refractivity contribution is -0.137. The molecule has 2 saturated heterocycles. The van der Waals surface area contributed by atoms with E-state index in [-0.39, 0.29) is 23.3 Å². The number of hydrogen-bond acceptors (Lipinski definition) is 3. The second-order valence-corrected chi connectivity index (χ2v) is 8.98. The molecule has 5 nitrogen and oxygen atoms in total. The summed E-state index contributed by atoms with van der Waals surface area (Å²) >= 11 is 0. The highest BCUT2D eigenvalue weighted by atomic mass is 19.4. The quantitative estimate of drug-likeness (QED) is 0.760. The van der Waals surface area contributed by atoms with Crippen LogP contribution >= 0.6 is 0 Å². The third-order valence-electron chi connectivity index (χ3n) is 6.50. The molecule has 2 aliphatic heterocycles. The summed E-state index contributed by atoms with van der Waals surface area (Å²) in [6.45, 7) is 8.03. The van der Waals surface area contributed by atoms with Crippen LogP contribution in [0.15, 0.2) is 24.3 Å². The number of carbonyl (C=O) groups excluding carboxylic acids is 2. The van der Waals surface area contributed by atoms with E-state index in [0.717, 1.165) is 25.2 Å². The van der Waals surface area contributed by atoms with Crippen molar-refractivity contribution in [2.45, 2.75) is 51.7 Å². The van der Waals surface area contributed by atoms with E-state index in [9.17, 15) is 22.8 Å². The molecular weight excluding hydrogens is 407 g/mol. The number of amides is 2. The maximum atomic E-state index is 12.7. The fourth-order valence-corrected chi connectivity index (χ4v) is 4.48. The minimum absolute atomic E-state index is 0.0264.